The SMILES string of the molecule is COc1cc(OC)c(C2=CCN(Cc3ccc(F)cc3)CC2)c(O)c1C(C)=O. The summed E-state index contributed by atoms with van der Waals surface area (Å²) in [4.78, 5) is 14.3. The van der Waals surface area contributed by atoms with Gasteiger partial charge in [-0.3, -0.25) is 9.69 Å². The Morgan fingerprint density at radius 3 is 2.39 bits per heavy atom. The molecule has 0 radical (unpaired) electrons. The van der Waals surface area contributed by atoms with Crippen molar-refractivity contribution in [3.63, 3.8) is 0 Å². The Bertz CT molecular complexity index is 906. The molecule has 0 saturated carbocycles. The van der Waals surface area contributed by atoms with E-state index in [0.717, 1.165) is 17.7 Å². The molecule has 0 unspecified atom stereocenters. The molecule has 0 bridgehead atoms. The van der Waals surface area contributed by atoms with Crippen molar-refractivity contribution in [1.82, 2.24) is 4.90 Å². The summed E-state index contributed by atoms with van der Waals surface area (Å²) in [5, 5.41) is 10.8. The van der Waals surface area contributed by atoms with Crippen molar-refractivity contribution in [3.05, 3.63) is 58.9 Å². The number of carbonyl (C=O) groups is 1. The van der Waals surface area contributed by atoms with Crippen molar-refractivity contribution in [2.45, 2.75) is 19.9 Å². The Labute approximate surface area is 164 Å². The number of benzene rings is 2. The molecule has 0 spiro atoms. The number of ether oxygens (including phenoxy) is 2. The highest BCUT2D eigenvalue weighted by Crippen LogP contribution is 2.44. The molecular weight excluding hydrogens is 361 g/mol. The summed E-state index contributed by atoms with van der Waals surface area (Å²) in [6.45, 7) is 3.56. The van der Waals surface area contributed by atoms with Crippen LogP contribution in [-0.2, 0) is 6.54 Å². The maximum absolute atomic E-state index is 13.1. The van der Waals surface area contributed by atoms with Crippen LogP contribution in [0.5, 0.6) is 17.2 Å². The van der Waals surface area contributed by atoms with Crippen LogP contribution in [0.3, 0.4) is 0 Å². The number of phenolic OH excluding ortho intramolecular Hbond substituents is 1. The number of carbonyl (C=O) groups excluding carboxylic acids is 1. The van der Waals surface area contributed by atoms with E-state index in [4.69, 9.17) is 9.47 Å². The third kappa shape index (κ3) is 4.02. The van der Waals surface area contributed by atoms with Gasteiger partial charge >= 0.3 is 0 Å². The summed E-state index contributed by atoms with van der Waals surface area (Å²) in [7, 11) is 2.98. The second kappa shape index (κ2) is 8.44. The minimum absolute atomic E-state index is 0.109. The Kier molecular flexibility index (Phi) is 5.99. The Morgan fingerprint density at radius 2 is 1.86 bits per heavy atom. The van der Waals surface area contributed by atoms with E-state index in [1.807, 2.05) is 6.08 Å². The average Bonchev–Trinajstić information content (AvgIpc) is 2.69. The Hall–Kier alpha value is -2.86. The minimum atomic E-state index is -0.271. The van der Waals surface area contributed by atoms with Crippen molar-refractivity contribution in [2.24, 2.45) is 0 Å². The van der Waals surface area contributed by atoms with Crippen LogP contribution in [0.25, 0.3) is 5.57 Å². The lowest BCUT2D eigenvalue weighted by Gasteiger charge is -2.28. The van der Waals surface area contributed by atoms with Crippen LogP contribution >= 0.6 is 0 Å². The Morgan fingerprint density at radius 1 is 1.18 bits per heavy atom. The van der Waals surface area contributed by atoms with E-state index in [0.29, 0.717) is 36.6 Å². The molecule has 1 aliphatic heterocycles. The summed E-state index contributed by atoms with van der Waals surface area (Å²) >= 11 is 0. The van der Waals surface area contributed by atoms with E-state index in [-0.39, 0.29) is 22.9 Å². The smallest absolute Gasteiger partial charge is 0.167 e. The second-order valence-corrected chi connectivity index (χ2v) is 6.78. The molecule has 0 atom stereocenters. The van der Waals surface area contributed by atoms with Crippen LogP contribution in [0.4, 0.5) is 4.39 Å². The van der Waals surface area contributed by atoms with Gasteiger partial charge in [0.2, 0.25) is 0 Å². The summed E-state index contributed by atoms with van der Waals surface area (Å²) in [5.74, 6) is 0.139. The molecule has 0 aromatic heterocycles. The van der Waals surface area contributed by atoms with Crippen LogP contribution < -0.4 is 9.47 Å². The highest BCUT2D eigenvalue weighted by molar-refractivity contribution is 6.02. The maximum Gasteiger partial charge on any atom is 0.167 e. The van der Waals surface area contributed by atoms with Gasteiger partial charge in [-0.25, -0.2) is 4.39 Å². The molecule has 1 aliphatic rings. The van der Waals surface area contributed by atoms with E-state index in [1.54, 1.807) is 18.2 Å². The zero-order chi connectivity index (χ0) is 20.3. The first-order chi connectivity index (χ1) is 13.4. The molecule has 2 aromatic carbocycles. The first-order valence-electron chi connectivity index (χ1n) is 9.09. The Balaban J connectivity index is 1.87. The molecule has 3 rings (SSSR count). The van der Waals surface area contributed by atoms with Gasteiger partial charge in [0, 0.05) is 25.7 Å². The first kappa shape index (κ1) is 19.9. The number of hydrogen-bond donors (Lipinski definition) is 1. The quantitative estimate of drug-likeness (QED) is 0.761. The normalized spacial score (nSPS) is 14.5. The van der Waals surface area contributed by atoms with Crippen molar-refractivity contribution < 1.29 is 23.8 Å². The fourth-order valence-corrected chi connectivity index (χ4v) is 3.52. The van der Waals surface area contributed by atoms with Gasteiger partial charge in [-0.15, -0.1) is 0 Å². The zero-order valence-corrected chi connectivity index (χ0v) is 16.3. The van der Waals surface area contributed by atoms with Gasteiger partial charge in [0.25, 0.3) is 0 Å². The molecule has 6 heteroatoms. The summed E-state index contributed by atoms with van der Waals surface area (Å²) < 4.78 is 23.8. The van der Waals surface area contributed by atoms with Crippen LogP contribution in [-0.4, -0.2) is 43.1 Å². The van der Waals surface area contributed by atoms with E-state index in [1.165, 1.54) is 33.3 Å². The maximum atomic E-state index is 13.1. The molecule has 1 N–H and O–H groups in total. The number of rotatable bonds is 6. The van der Waals surface area contributed by atoms with E-state index in [2.05, 4.69) is 4.90 Å². The monoisotopic (exact) mass is 385 g/mol. The average molecular weight is 385 g/mol. The third-order valence-corrected chi connectivity index (χ3v) is 4.95. The van der Waals surface area contributed by atoms with Crippen molar-refractivity contribution in [2.75, 3.05) is 27.3 Å². The van der Waals surface area contributed by atoms with Crippen LogP contribution in [0.1, 0.15) is 34.8 Å². The number of Topliss-reactive ketones (excluding diaryl/α,β-unsaturated/α-hetero) is 1. The fourth-order valence-electron chi connectivity index (χ4n) is 3.52. The molecule has 0 aliphatic carbocycles. The van der Waals surface area contributed by atoms with Crippen LogP contribution in [0.15, 0.2) is 36.4 Å². The van der Waals surface area contributed by atoms with Gasteiger partial charge < -0.3 is 14.6 Å². The molecule has 2 aromatic rings. The predicted molar refractivity (Wildman–Crippen MR) is 105 cm³/mol. The number of nitrogens with zero attached hydrogens (tertiary/aromatic N) is 1. The standard InChI is InChI=1S/C22H24FNO4/c1-14(25)20-18(27-2)12-19(28-3)21(22(20)26)16-8-10-24(11-9-16)13-15-4-6-17(23)7-5-15/h4-8,12,26H,9-11,13H2,1-3H3. The van der Waals surface area contributed by atoms with Crippen LogP contribution in [0, 0.1) is 5.82 Å². The lowest BCUT2D eigenvalue weighted by atomic mass is 9.93. The topological polar surface area (TPSA) is 59.0 Å². The molecule has 0 fully saturated rings. The van der Waals surface area contributed by atoms with Gasteiger partial charge in [0.05, 0.1) is 19.8 Å². The van der Waals surface area contributed by atoms with Crippen molar-refractivity contribution in [3.8, 4) is 17.2 Å². The highest BCUT2D eigenvalue weighted by atomic mass is 19.1. The molecule has 148 valence electrons. The number of aromatic hydroxyl groups is 1. The van der Waals surface area contributed by atoms with E-state index >= 15 is 0 Å². The van der Waals surface area contributed by atoms with Gasteiger partial charge in [-0.2, -0.15) is 0 Å². The first-order valence-corrected chi connectivity index (χ1v) is 9.09. The minimum Gasteiger partial charge on any atom is -0.506 e. The molecule has 1 heterocycles. The number of hydrogen-bond acceptors (Lipinski definition) is 5. The van der Waals surface area contributed by atoms with Crippen molar-refractivity contribution in [1.29, 1.82) is 0 Å². The molecule has 5 nitrogen and oxygen atoms in total. The number of ketones is 1. The van der Waals surface area contributed by atoms with Crippen molar-refractivity contribution >= 4 is 11.4 Å². The van der Waals surface area contributed by atoms with Gasteiger partial charge in [-0.1, -0.05) is 18.2 Å². The van der Waals surface area contributed by atoms with Gasteiger partial charge in [0.1, 0.15) is 28.6 Å². The number of methoxy groups -OCH3 is 2. The van der Waals surface area contributed by atoms with E-state index in [9.17, 15) is 14.3 Å². The zero-order valence-electron chi connectivity index (χ0n) is 16.3. The second-order valence-electron chi connectivity index (χ2n) is 6.78. The number of phenols is 1. The molecular formula is C22H24FNO4. The largest absolute Gasteiger partial charge is 0.506 e. The summed E-state index contributed by atoms with van der Waals surface area (Å²) in [6, 6.07) is 8.13. The molecule has 28 heavy (non-hydrogen) atoms. The van der Waals surface area contributed by atoms with E-state index < -0.39 is 0 Å². The highest BCUT2D eigenvalue weighted by Gasteiger charge is 2.25. The van der Waals surface area contributed by atoms with Gasteiger partial charge in [0.15, 0.2) is 5.78 Å². The third-order valence-electron chi connectivity index (χ3n) is 4.95. The number of halogens is 1. The van der Waals surface area contributed by atoms with Gasteiger partial charge in [-0.05, 0) is 36.6 Å². The predicted octanol–water partition coefficient (Wildman–Crippen LogP) is 4.04. The molecule has 0 saturated heterocycles. The summed E-state index contributed by atoms with van der Waals surface area (Å²) in [5.41, 5.74) is 2.67. The summed E-state index contributed by atoms with van der Waals surface area (Å²) in [6.07, 6.45) is 2.72. The lowest BCUT2D eigenvalue weighted by molar-refractivity contribution is 0.101. The molecule has 0 amide bonds. The fraction of sp³-hybridized carbons (Fsp3) is 0.318. The van der Waals surface area contributed by atoms with Crippen LogP contribution in [0.2, 0.25) is 0 Å². The lowest BCUT2D eigenvalue weighted by Crippen LogP contribution is -2.28.